The fourth-order valence-electron chi connectivity index (χ4n) is 6.35. The maximum atomic E-state index is 14.0. The number of benzene rings is 4. The van der Waals surface area contributed by atoms with E-state index in [4.69, 9.17) is 19.2 Å². The lowest BCUT2D eigenvalue weighted by Crippen LogP contribution is -2.29. The summed E-state index contributed by atoms with van der Waals surface area (Å²) >= 11 is 1.34. The summed E-state index contributed by atoms with van der Waals surface area (Å²) < 4.78 is 18.9. The minimum absolute atomic E-state index is 0.0127. The molecule has 0 saturated carbocycles. The third kappa shape index (κ3) is 5.61. The molecule has 9 heteroatoms. The van der Waals surface area contributed by atoms with E-state index in [9.17, 15) is 14.7 Å². The Balaban J connectivity index is 1.37. The molecule has 7 rings (SSSR count). The van der Waals surface area contributed by atoms with E-state index in [2.05, 4.69) is 0 Å². The lowest BCUT2D eigenvalue weighted by atomic mass is 9.94. The molecule has 2 atom stereocenters. The van der Waals surface area contributed by atoms with Crippen LogP contribution in [0.3, 0.4) is 0 Å². The van der Waals surface area contributed by atoms with Crippen LogP contribution in [-0.4, -0.2) is 34.5 Å². The highest BCUT2D eigenvalue weighted by Crippen LogP contribution is 2.46. The van der Waals surface area contributed by atoms with Gasteiger partial charge in [0.1, 0.15) is 24.2 Å². The van der Waals surface area contributed by atoms with Crippen molar-refractivity contribution in [2.45, 2.75) is 52.9 Å². The molecule has 2 aliphatic rings. The maximum Gasteiger partial charge on any atom is 0.301 e. The van der Waals surface area contributed by atoms with Gasteiger partial charge in [0.15, 0.2) is 16.6 Å². The number of hydrogen-bond acceptors (Lipinski definition) is 8. The van der Waals surface area contributed by atoms with Crippen LogP contribution in [0.5, 0.6) is 17.2 Å². The largest absolute Gasteiger partial charge is 0.507 e. The monoisotopic (exact) mass is 646 g/mol. The standard InChI is InChI=1S/C38H34N2O6S/c1-5-44-30-19-25(11-14-29(30)45-20-24-9-7-6-8-10-24)34-32(35(41)26-12-13-28-27(18-26)17-23(4)46-28)36(42)37(43)40(34)38-39-33-22(3)15-21(2)16-31(33)47-38/h6-16,18-19,23,34,41H,5,17,20H2,1-4H3/t23-,34-/m1/s1. The van der Waals surface area contributed by atoms with Crippen LogP contribution in [0.1, 0.15) is 53.3 Å². The van der Waals surface area contributed by atoms with Gasteiger partial charge < -0.3 is 19.3 Å². The van der Waals surface area contributed by atoms with Gasteiger partial charge in [0.25, 0.3) is 5.78 Å². The minimum atomic E-state index is -0.970. The summed E-state index contributed by atoms with van der Waals surface area (Å²) in [7, 11) is 0. The fraction of sp³-hybridized carbons (Fsp3) is 0.237. The molecule has 1 amide bonds. The number of carbonyl (C=O) groups is 2. The molecule has 0 radical (unpaired) electrons. The van der Waals surface area contributed by atoms with E-state index in [-0.39, 0.29) is 17.4 Å². The molecule has 2 aliphatic heterocycles. The molecule has 0 unspecified atom stereocenters. The molecule has 1 saturated heterocycles. The Hall–Kier alpha value is -5.15. The third-order valence-electron chi connectivity index (χ3n) is 8.46. The number of ether oxygens (including phenoxy) is 3. The molecule has 47 heavy (non-hydrogen) atoms. The van der Waals surface area contributed by atoms with Gasteiger partial charge in [0, 0.05) is 12.0 Å². The number of hydrogen-bond donors (Lipinski definition) is 1. The van der Waals surface area contributed by atoms with E-state index in [1.807, 2.05) is 76.2 Å². The van der Waals surface area contributed by atoms with Crippen LogP contribution in [0.25, 0.3) is 16.0 Å². The average molecular weight is 647 g/mol. The smallest absolute Gasteiger partial charge is 0.301 e. The number of nitrogens with zero attached hydrogens (tertiary/aromatic N) is 2. The molecular weight excluding hydrogens is 612 g/mol. The normalized spacial score (nSPS) is 18.4. The third-order valence-corrected chi connectivity index (χ3v) is 9.46. The first-order valence-corrected chi connectivity index (χ1v) is 16.5. The number of carbonyl (C=O) groups excluding carboxylic acids is 2. The van der Waals surface area contributed by atoms with Crippen molar-refractivity contribution in [3.8, 4) is 17.2 Å². The van der Waals surface area contributed by atoms with E-state index >= 15 is 0 Å². The van der Waals surface area contributed by atoms with Gasteiger partial charge in [-0.2, -0.15) is 0 Å². The number of fused-ring (bicyclic) bond motifs is 2. The number of aryl methyl sites for hydroxylation is 2. The Morgan fingerprint density at radius 2 is 1.81 bits per heavy atom. The number of rotatable bonds is 8. The Morgan fingerprint density at radius 3 is 2.60 bits per heavy atom. The number of anilines is 1. The van der Waals surface area contributed by atoms with Crippen molar-refractivity contribution >= 4 is 44.1 Å². The summed E-state index contributed by atoms with van der Waals surface area (Å²) in [6, 6.07) is 23.6. The van der Waals surface area contributed by atoms with Gasteiger partial charge >= 0.3 is 5.91 Å². The van der Waals surface area contributed by atoms with Crippen molar-refractivity contribution in [2.24, 2.45) is 0 Å². The summed E-state index contributed by atoms with van der Waals surface area (Å²) in [5.41, 5.74) is 5.75. The Bertz CT molecular complexity index is 2070. The van der Waals surface area contributed by atoms with Gasteiger partial charge in [-0.05, 0) is 91.9 Å². The summed E-state index contributed by atoms with van der Waals surface area (Å²) in [5.74, 6) is -0.0638. The van der Waals surface area contributed by atoms with Crippen LogP contribution in [0, 0.1) is 13.8 Å². The highest BCUT2D eigenvalue weighted by molar-refractivity contribution is 7.22. The second kappa shape index (κ2) is 12.2. The molecule has 238 valence electrons. The average Bonchev–Trinajstić information content (AvgIpc) is 3.73. The molecule has 1 aromatic heterocycles. The molecule has 4 aromatic carbocycles. The van der Waals surface area contributed by atoms with Crippen LogP contribution < -0.4 is 19.1 Å². The van der Waals surface area contributed by atoms with Crippen molar-refractivity contribution in [3.05, 3.63) is 118 Å². The predicted octanol–water partition coefficient (Wildman–Crippen LogP) is 7.84. The van der Waals surface area contributed by atoms with Gasteiger partial charge in [-0.3, -0.25) is 14.5 Å². The van der Waals surface area contributed by atoms with Crippen LogP contribution in [0.2, 0.25) is 0 Å². The summed E-state index contributed by atoms with van der Waals surface area (Å²) in [4.78, 5) is 34.1. The lowest BCUT2D eigenvalue weighted by molar-refractivity contribution is -0.132. The molecule has 0 aliphatic carbocycles. The minimum Gasteiger partial charge on any atom is -0.507 e. The van der Waals surface area contributed by atoms with Gasteiger partial charge in [0.05, 0.1) is 28.4 Å². The van der Waals surface area contributed by atoms with Crippen LogP contribution in [0.4, 0.5) is 5.13 Å². The van der Waals surface area contributed by atoms with Crippen LogP contribution >= 0.6 is 11.3 Å². The summed E-state index contributed by atoms with van der Waals surface area (Å²) in [5, 5.41) is 12.2. The van der Waals surface area contributed by atoms with E-state index in [1.54, 1.807) is 30.3 Å². The number of aromatic nitrogens is 1. The zero-order valence-electron chi connectivity index (χ0n) is 26.6. The second-order valence-corrected chi connectivity index (χ2v) is 13.0. The number of aliphatic hydroxyl groups is 1. The number of ketones is 1. The first-order chi connectivity index (χ1) is 22.7. The molecule has 8 nitrogen and oxygen atoms in total. The van der Waals surface area contributed by atoms with Crippen molar-refractivity contribution in [1.82, 2.24) is 4.98 Å². The molecular formula is C38H34N2O6S. The first-order valence-electron chi connectivity index (χ1n) is 15.6. The Morgan fingerprint density at radius 1 is 1.00 bits per heavy atom. The second-order valence-electron chi connectivity index (χ2n) is 12.0. The van der Waals surface area contributed by atoms with Crippen molar-refractivity contribution in [1.29, 1.82) is 0 Å². The molecule has 0 spiro atoms. The zero-order chi connectivity index (χ0) is 32.8. The van der Waals surface area contributed by atoms with Gasteiger partial charge in [-0.15, -0.1) is 0 Å². The van der Waals surface area contributed by atoms with E-state index in [1.165, 1.54) is 16.2 Å². The lowest BCUT2D eigenvalue weighted by Gasteiger charge is -2.24. The molecule has 5 aromatic rings. The zero-order valence-corrected chi connectivity index (χ0v) is 27.4. The topological polar surface area (TPSA) is 98.2 Å². The van der Waals surface area contributed by atoms with Crippen molar-refractivity contribution in [3.63, 3.8) is 0 Å². The Labute approximate surface area is 276 Å². The van der Waals surface area contributed by atoms with Gasteiger partial charge in [-0.1, -0.05) is 53.8 Å². The predicted molar refractivity (Wildman–Crippen MR) is 182 cm³/mol. The van der Waals surface area contributed by atoms with E-state index < -0.39 is 17.7 Å². The SMILES string of the molecule is CCOc1cc([C@@H]2C(=C(O)c3ccc4c(c3)C[C@@H](C)O4)C(=O)C(=O)N2c2nc3c(C)cc(C)cc3s2)ccc1OCc1ccccc1. The van der Waals surface area contributed by atoms with E-state index in [0.717, 1.165) is 38.2 Å². The number of Topliss-reactive ketones (excluding diaryl/α,β-unsaturated/α-hetero) is 1. The summed E-state index contributed by atoms with van der Waals surface area (Å²) in [6.45, 7) is 8.56. The molecule has 1 N–H and O–H groups in total. The van der Waals surface area contributed by atoms with Crippen molar-refractivity contribution < 1.29 is 28.9 Å². The van der Waals surface area contributed by atoms with Crippen LogP contribution in [0.15, 0.2) is 84.4 Å². The van der Waals surface area contributed by atoms with Crippen LogP contribution in [-0.2, 0) is 22.6 Å². The maximum absolute atomic E-state index is 14.0. The first kappa shape index (κ1) is 30.5. The number of amides is 1. The number of aliphatic hydroxyl groups excluding tert-OH is 1. The van der Waals surface area contributed by atoms with Gasteiger partial charge in [0.2, 0.25) is 0 Å². The highest BCUT2D eigenvalue weighted by Gasteiger charge is 2.48. The Kier molecular flexibility index (Phi) is 7.93. The number of thiazole rings is 1. The van der Waals surface area contributed by atoms with Gasteiger partial charge in [-0.25, -0.2) is 4.98 Å². The highest BCUT2D eigenvalue weighted by atomic mass is 32.1. The molecule has 0 bridgehead atoms. The molecule has 1 fully saturated rings. The molecule has 3 heterocycles. The summed E-state index contributed by atoms with van der Waals surface area (Å²) in [6.07, 6.45) is 0.694. The van der Waals surface area contributed by atoms with Crippen molar-refractivity contribution in [2.75, 3.05) is 11.5 Å². The fourth-order valence-corrected chi connectivity index (χ4v) is 7.52. The quantitative estimate of drug-likeness (QED) is 0.104. The van der Waals surface area contributed by atoms with E-state index in [0.29, 0.717) is 47.4 Å².